The number of carbonyl (C=O) groups excluding carboxylic acids is 1. The second-order valence-electron chi connectivity index (χ2n) is 6.69. The van der Waals surface area contributed by atoms with Gasteiger partial charge in [-0.05, 0) is 38.3 Å². The lowest BCUT2D eigenvalue weighted by molar-refractivity contribution is -0.136. The summed E-state index contributed by atoms with van der Waals surface area (Å²) in [5.41, 5.74) is 2.49. The molecule has 24 heavy (non-hydrogen) atoms. The average Bonchev–Trinajstić information content (AvgIpc) is 3.01. The number of hydrogen-bond acceptors (Lipinski definition) is 4. The lowest BCUT2D eigenvalue weighted by Gasteiger charge is -2.38. The van der Waals surface area contributed by atoms with Gasteiger partial charge in [-0.2, -0.15) is 0 Å². The Labute approximate surface area is 147 Å². The Morgan fingerprint density at radius 3 is 2.67 bits per heavy atom. The third-order valence-corrected chi connectivity index (χ3v) is 6.14. The third kappa shape index (κ3) is 3.05. The van der Waals surface area contributed by atoms with Crippen LogP contribution >= 0.6 is 11.3 Å². The van der Waals surface area contributed by atoms with Crippen LogP contribution in [0.25, 0.3) is 0 Å². The van der Waals surface area contributed by atoms with Crippen molar-refractivity contribution in [3.05, 3.63) is 45.9 Å². The van der Waals surface area contributed by atoms with Crippen molar-refractivity contribution in [1.29, 1.82) is 0 Å². The Morgan fingerprint density at radius 2 is 1.92 bits per heavy atom. The Balaban J connectivity index is 1.37. The maximum absolute atomic E-state index is 12.9. The van der Waals surface area contributed by atoms with Crippen molar-refractivity contribution in [3.8, 4) is 0 Å². The predicted octanol–water partition coefficient (Wildman–Crippen LogP) is 2.91. The summed E-state index contributed by atoms with van der Waals surface area (Å²) in [6, 6.07) is 10.5. The number of anilines is 1. The van der Waals surface area contributed by atoms with Gasteiger partial charge in [0.25, 0.3) is 0 Å². The molecule has 0 radical (unpaired) electrons. The van der Waals surface area contributed by atoms with Crippen LogP contribution in [-0.2, 0) is 17.6 Å². The Kier molecular flexibility index (Phi) is 4.27. The SMILES string of the molecule is Cc1nc2c(s1)CC(C(=O)N1CCN(c3ccccc3)CC1)CC2. The van der Waals surface area contributed by atoms with Crippen LogP contribution in [0.3, 0.4) is 0 Å². The van der Waals surface area contributed by atoms with Gasteiger partial charge in [-0.15, -0.1) is 11.3 Å². The molecule has 0 spiro atoms. The Hall–Kier alpha value is -1.88. The minimum absolute atomic E-state index is 0.153. The van der Waals surface area contributed by atoms with E-state index in [4.69, 9.17) is 0 Å². The van der Waals surface area contributed by atoms with Crippen molar-refractivity contribution in [1.82, 2.24) is 9.88 Å². The van der Waals surface area contributed by atoms with E-state index >= 15 is 0 Å². The summed E-state index contributed by atoms with van der Waals surface area (Å²) >= 11 is 1.77. The molecule has 0 N–H and O–H groups in total. The van der Waals surface area contributed by atoms with E-state index < -0.39 is 0 Å². The number of carbonyl (C=O) groups is 1. The first-order valence-electron chi connectivity index (χ1n) is 8.74. The Morgan fingerprint density at radius 1 is 1.17 bits per heavy atom. The molecule has 1 unspecified atom stereocenters. The van der Waals surface area contributed by atoms with E-state index in [1.165, 1.54) is 16.3 Å². The number of rotatable bonds is 2. The molecule has 2 heterocycles. The highest BCUT2D eigenvalue weighted by Gasteiger charge is 2.31. The maximum Gasteiger partial charge on any atom is 0.226 e. The number of amides is 1. The Bertz CT molecular complexity index is 719. The predicted molar refractivity (Wildman–Crippen MR) is 97.6 cm³/mol. The molecule has 0 bridgehead atoms. The van der Waals surface area contributed by atoms with Crippen LogP contribution in [0.1, 0.15) is 22.0 Å². The number of fused-ring (bicyclic) bond motifs is 1. The standard InChI is InChI=1S/C19H23N3OS/c1-14-20-17-8-7-15(13-18(17)24-14)19(23)22-11-9-21(10-12-22)16-5-3-2-4-6-16/h2-6,15H,7-13H2,1H3. The van der Waals surface area contributed by atoms with Crippen LogP contribution in [0.5, 0.6) is 0 Å². The quantitative estimate of drug-likeness (QED) is 0.843. The van der Waals surface area contributed by atoms with Crippen molar-refractivity contribution < 1.29 is 4.79 Å². The van der Waals surface area contributed by atoms with Gasteiger partial charge in [-0.3, -0.25) is 4.79 Å². The summed E-state index contributed by atoms with van der Waals surface area (Å²) in [6.45, 7) is 5.57. The van der Waals surface area contributed by atoms with E-state index in [0.717, 1.165) is 50.4 Å². The lowest BCUT2D eigenvalue weighted by Crippen LogP contribution is -2.51. The molecule has 126 valence electrons. The summed E-state index contributed by atoms with van der Waals surface area (Å²) in [6.07, 6.45) is 2.80. The number of para-hydroxylation sites is 1. The molecule has 2 aliphatic rings. The van der Waals surface area contributed by atoms with Gasteiger partial charge < -0.3 is 9.80 Å². The van der Waals surface area contributed by atoms with E-state index in [9.17, 15) is 4.79 Å². The topological polar surface area (TPSA) is 36.4 Å². The normalized spacial score (nSPS) is 20.8. The molecule has 1 saturated heterocycles. The van der Waals surface area contributed by atoms with Gasteiger partial charge in [0.05, 0.1) is 10.7 Å². The van der Waals surface area contributed by atoms with Gasteiger partial charge in [0.1, 0.15) is 0 Å². The fourth-order valence-corrected chi connectivity index (χ4v) is 4.86. The van der Waals surface area contributed by atoms with E-state index in [1.807, 2.05) is 6.07 Å². The van der Waals surface area contributed by atoms with Crippen LogP contribution in [-0.4, -0.2) is 42.0 Å². The first-order chi connectivity index (χ1) is 11.7. The van der Waals surface area contributed by atoms with E-state index in [0.29, 0.717) is 5.91 Å². The monoisotopic (exact) mass is 341 g/mol. The van der Waals surface area contributed by atoms with Crippen molar-refractivity contribution in [2.24, 2.45) is 5.92 Å². The number of aromatic nitrogens is 1. The van der Waals surface area contributed by atoms with Crippen molar-refractivity contribution in [2.75, 3.05) is 31.1 Å². The van der Waals surface area contributed by atoms with Crippen molar-refractivity contribution in [2.45, 2.75) is 26.2 Å². The molecule has 1 aromatic heterocycles. The number of aryl methyl sites for hydroxylation is 2. The number of nitrogens with zero attached hydrogens (tertiary/aromatic N) is 3. The van der Waals surface area contributed by atoms with Gasteiger partial charge in [0.2, 0.25) is 5.91 Å². The average molecular weight is 341 g/mol. The summed E-state index contributed by atoms with van der Waals surface area (Å²) in [7, 11) is 0. The van der Waals surface area contributed by atoms with Crippen molar-refractivity contribution >= 4 is 22.9 Å². The van der Waals surface area contributed by atoms with Crippen LogP contribution in [0.2, 0.25) is 0 Å². The molecule has 1 amide bonds. The fraction of sp³-hybridized carbons (Fsp3) is 0.474. The second kappa shape index (κ2) is 6.55. The largest absolute Gasteiger partial charge is 0.368 e. The lowest BCUT2D eigenvalue weighted by atomic mass is 9.90. The molecule has 1 aliphatic carbocycles. The van der Waals surface area contributed by atoms with Gasteiger partial charge in [0.15, 0.2) is 0 Å². The highest BCUT2D eigenvalue weighted by molar-refractivity contribution is 7.11. The highest BCUT2D eigenvalue weighted by Crippen LogP contribution is 2.31. The highest BCUT2D eigenvalue weighted by atomic mass is 32.1. The number of thiazole rings is 1. The van der Waals surface area contributed by atoms with Crippen LogP contribution in [0.4, 0.5) is 5.69 Å². The van der Waals surface area contributed by atoms with Crippen LogP contribution < -0.4 is 4.90 Å². The molecule has 4 nitrogen and oxygen atoms in total. The van der Waals surface area contributed by atoms with Crippen LogP contribution in [0.15, 0.2) is 30.3 Å². The summed E-state index contributed by atoms with van der Waals surface area (Å²) in [4.78, 5) is 23.3. The fourth-order valence-electron chi connectivity index (χ4n) is 3.80. The van der Waals surface area contributed by atoms with E-state index in [-0.39, 0.29) is 5.92 Å². The zero-order valence-corrected chi connectivity index (χ0v) is 14.9. The molecule has 5 heteroatoms. The molecule has 1 aliphatic heterocycles. The zero-order valence-electron chi connectivity index (χ0n) is 14.1. The number of hydrogen-bond donors (Lipinski definition) is 0. The molecular formula is C19H23N3OS. The summed E-state index contributed by atoms with van der Waals surface area (Å²) in [5.74, 6) is 0.500. The molecule has 1 aromatic carbocycles. The molecule has 2 aromatic rings. The molecule has 0 saturated carbocycles. The summed E-state index contributed by atoms with van der Waals surface area (Å²) in [5, 5.41) is 1.13. The van der Waals surface area contributed by atoms with E-state index in [1.54, 1.807) is 11.3 Å². The minimum Gasteiger partial charge on any atom is -0.368 e. The number of piperazine rings is 1. The molecular weight excluding hydrogens is 318 g/mol. The molecule has 4 rings (SSSR count). The first kappa shape index (κ1) is 15.6. The second-order valence-corrected chi connectivity index (χ2v) is 7.98. The molecule has 1 atom stereocenters. The van der Waals surface area contributed by atoms with E-state index in [2.05, 4.69) is 46.0 Å². The van der Waals surface area contributed by atoms with Crippen molar-refractivity contribution in [3.63, 3.8) is 0 Å². The van der Waals surface area contributed by atoms with Gasteiger partial charge in [-0.1, -0.05) is 18.2 Å². The minimum atomic E-state index is 0.153. The summed E-state index contributed by atoms with van der Waals surface area (Å²) < 4.78 is 0. The zero-order chi connectivity index (χ0) is 16.5. The number of benzene rings is 1. The van der Waals surface area contributed by atoms with Gasteiger partial charge >= 0.3 is 0 Å². The third-order valence-electron chi connectivity index (χ3n) is 5.11. The smallest absolute Gasteiger partial charge is 0.226 e. The first-order valence-corrected chi connectivity index (χ1v) is 9.56. The maximum atomic E-state index is 12.9. The van der Waals surface area contributed by atoms with Crippen LogP contribution in [0, 0.1) is 12.8 Å². The molecule has 1 fully saturated rings. The van der Waals surface area contributed by atoms with Gasteiger partial charge in [-0.25, -0.2) is 4.98 Å². The van der Waals surface area contributed by atoms with Gasteiger partial charge in [0, 0.05) is 42.7 Å².